The van der Waals surface area contributed by atoms with Crippen LogP contribution in [0.4, 0.5) is 0 Å². The molecule has 0 amide bonds. The van der Waals surface area contributed by atoms with E-state index in [-0.39, 0.29) is 77.5 Å². The van der Waals surface area contributed by atoms with E-state index < -0.39 is 83.3 Å². The summed E-state index contributed by atoms with van der Waals surface area (Å²) in [5.41, 5.74) is -2.43. The number of hydrogen-bond acceptors (Lipinski definition) is 15. The fourth-order valence-corrected chi connectivity index (χ4v) is 9.46. The molecule has 7 rings (SSSR count). The monoisotopic (exact) mass is 798 g/mol. The molecule has 5 N–H and O–H groups in total. The Morgan fingerprint density at radius 3 is 1.89 bits per heavy atom. The number of aliphatic hydroxyl groups excluding tert-OH is 1. The predicted molar refractivity (Wildman–Crippen MR) is 204 cm³/mol. The molecule has 3 aliphatic heterocycles. The minimum absolute atomic E-state index is 0.0305. The van der Waals surface area contributed by atoms with Gasteiger partial charge < -0.3 is 63.8 Å². The summed E-state index contributed by atoms with van der Waals surface area (Å²) < 4.78 is 38.8. The van der Waals surface area contributed by atoms with E-state index in [9.17, 15) is 35.1 Å². The van der Waals surface area contributed by atoms with Gasteiger partial charge in [-0.25, -0.2) is 0 Å². The molecule has 11 unspecified atom stereocenters. The number of carbonyl (C=O) groups excluding carboxylic acids is 2. The average Bonchev–Trinajstić information content (AvgIpc) is 3.15. The zero-order valence-corrected chi connectivity index (χ0v) is 34.0. The average molecular weight is 799 g/mol. The molecule has 314 valence electrons. The Labute approximate surface area is 333 Å². The van der Waals surface area contributed by atoms with Gasteiger partial charge in [0.15, 0.2) is 24.7 Å². The second-order valence-electron chi connectivity index (χ2n) is 16.9. The van der Waals surface area contributed by atoms with Crippen molar-refractivity contribution in [3.8, 4) is 17.2 Å². The van der Waals surface area contributed by atoms with Gasteiger partial charge in [0.05, 0.1) is 46.7 Å². The molecule has 57 heavy (non-hydrogen) atoms. The zero-order chi connectivity index (χ0) is 41.2. The van der Waals surface area contributed by atoms with Crippen LogP contribution in [0.2, 0.25) is 0 Å². The second-order valence-corrected chi connectivity index (χ2v) is 16.9. The van der Waals surface area contributed by atoms with E-state index in [1.807, 2.05) is 53.9 Å². The zero-order valence-electron chi connectivity index (χ0n) is 34.0. The standard InChI is InChI=1S/C42H58N2O13/c1-9-42(51)16-15-23-32(38(50)34-33(36(23)48)37(49)31-22(35(34)47)11-10-12-27(31)46)41(42)57-30-18-25(44(7)8)40(21(4)54-30)56-29-17-24(43(5)6)39(20(3)53-29)55-28-14-13-26(45)19(2)52-28/h10-12,19-21,24-26,28-30,39-41,45-46,48,50-51H,9,13-18H2,1-8H3/t19?,20?,21?,24?,25?,26?,28?,29?,30?,39?,40?,41-,42-/m1/s1. The van der Waals surface area contributed by atoms with Crippen molar-refractivity contribution in [3.05, 3.63) is 51.6 Å². The summed E-state index contributed by atoms with van der Waals surface area (Å²) in [4.78, 5) is 31.6. The molecule has 2 aromatic rings. The highest BCUT2D eigenvalue weighted by molar-refractivity contribution is 6.31. The quantitative estimate of drug-likeness (QED) is 0.197. The summed E-state index contributed by atoms with van der Waals surface area (Å²) in [5.74, 6) is -2.97. The maximum Gasteiger partial charge on any atom is 0.202 e. The summed E-state index contributed by atoms with van der Waals surface area (Å²) in [6.45, 7) is 7.47. The number of phenols is 3. The summed E-state index contributed by atoms with van der Waals surface area (Å²) in [6, 6.07) is 3.78. The molecule has 3 fully saturated rings. The van der Waals surface area contributed by atoms with Gasteiger partial charge in [-0.1, -0.05) is 19.1 Å². The predicted octanol–water partition coefficient (Wildman–Crippen LogP) is 3.51. The first-order valence-corrected chi connectivity index (χ1v) is 20.1. The molecular weight excluding hydrogens is 740 g/mol. The number of ketones is 2. The number of nitrogens with zero attached hydrogens (tertiary/aromatic N) is 2. The van der Waals surface area contributed by atoms with Gasteiger partial charge in [0.1, 0.15) is 35.6 Å². The number of ether oxygens (including phenoxy) is 6. The molecular formula is C42H58N2O13. The first-order chi connectivity index (χ1) is 26.9. The maximum atomic E-state index is 13.8. The van der Waals surface area contributed by atoms with Crippen molar-refractivity contribution in [3.63, 3.8) is 0 Å². The van der Waals surface area contributed by atoms with E-state index in [0.717, 1.165) is 0 Å². The third kappa shape index (κ3) is 7.49. The Morgan fingerprint density at radius 1 is 0.754 bits per heavy atom. The molecule has 15 heteroatoms. The van der Waals surface area contributed by atoms with Crippen LogP contribution in [0.25, 0.3) is 0 Å². The van der Waals surface area contributed by atoms with E-state index in [1.54, 1.807) is 6.92 Å². The number of hydrogen-bond donors (Lipinski definition) is 5. The number of aromatic hydroxyl groups is 3. The van der Waals surface area contributed by atoms with Gasteiger partial charge in [-0.05, 0) is 80.7 Å². The van der Waals surface area contributed by atoms with Crippen LogP contribution in [0.3, 0.4) is 0 Å². The van der Waals surface area contributed by atoms with Crippen molar-refractivity contribution >= 4 is 11.6 Å². The van der Waals surface area contributed by atoms with Crippen LogP contribution in [0.5, 0.6) is 17.2 Å². The molecule has 13 atom stereocenters. The molecule has 0 saturated carbocycles. The maximum absolute atomic E-state index is 13.8. The smallest absolute Gasteiger partial charge is 0.202 e. The lowest BCUT2D eigenvalue weighted by atomic mass is 9.71. The van der Waals surface area contributed by atoms with Crippen molar-refractivity contribution < 1.29 is 63.5 Å². The van der Waals surface area contributed by atoms with E-state index in [1.165, 1.54) is 18.2 Å². The van der Waals surface area contributed by atoms with E-state index in [0.29, 0.717) is 25.7 Å². The Balaban J connectivity index is 1.12. The normalized spacial score (nSPS) is 36.9. The Morgan fingerprint density at radius 2 is 1.32 bits per heavy atom. The minimum atomic E-state index is -1.52. The SMILES string of the molecule is CC[C@@]1(O)CCc2c(O)c3c(c(O)c2[C@H]1OC1CC(N(C)C)C(OC2CC(N(C)C)C(OC4CCC(O)C(C)O4)C(C)O2)C(C)O1)C(=O)c1cccc(O)c1C3=O. The first-order valence-electron chi connectivity index (χ1n) is 20.1. The van der Waals surface area contributed by atoms with Crippen molar-refractivity contribution in [1.82, 2.24) is 9.80 Å². The third-order valence-corrected chi connectivity index (χ3v) is 12.9. The van der Waals surface area contributed by atoms with Crippen LogP contribution < -0.4 is 0 Å². The lowest BCUT2D eigenvalue weighted by Crippen LogP contribution is -2.60. The van der Waals surface area contributed by atoms with Crippen LogP contribution in [0.15, 0.2) is 18.2 Å². The van der Waals surface area contributed by atoms with Gasteiger partial charge in [0, 0.05) is 48.0 Å². The van der Waals surface area contributed by atoms with Crippen LogP contribution in [-0.2, 0) is 34.8 Å². The van der Waals surface area contributed by atoms with Gasteiger partial charge in [-0.2, -0.15) is 0 Å². The Hall–Kier alpha value is -3.22. The van der Waals surface area contributed by atoms with Crippen LogP contribution in [0, 0.1) is 0 Å². The molecule has 0 aromatic heterocycles. The fraction of sp³-hybridized carbons (Fsp3) is 0.667. The highest BCUT2D eigenvalue weighted by atomic mass is 16.7. The summed E-state index contributed by atoms with van der Waals surface area (Å²) in [5, 5.41) is 56.2. The van der Waals surface area contributed by atoms with Gasteiger partial charge >= 0.3 is 0 Å². The van der Waals surface area contributed by atoms with Crippen LogP contribution in [-0.4, -0.2) is 148 Å². The summed E-state index contributed by atoms with van der Waals surface area (Å²) >= 11 is 0. The van der Waals surface area contributed by atoms with Crippen LogP contribution >= 0.6 is 0 Å². The van der Waals surface area contributed by atoms with Gasteiger partial charge in [0.25, 0.3) is 0 Å². The minimum Gasteiger partial charge on any atom is -0.507 e. The number of aliphatic hydroxyl groups is 2. The second kappa shape index (κ2) is 16.1. The molecule has 5 aliphatic rings. The van der Waals surface area contributed by atoms with E-state index >= 15 is 0 Å². The summed E-state index contributed by atoms with van der Waals surface area (Å²) in [6.07, 6.45) is -3.25. The highest BCUT2D eigenvalue weighted by Crippen LogP contribution is 2.54. The lowest BCUT2D eigenvalue weighted by Gasteiger charge is -2.49. The lowest BCUT2D eigenvalue weighted by molar-refractivity contribution is -0.326. The summed E-state index contributed by atoms with van der Waals surface area (Å²) in [7, 11) is 7.85. The number of phenolic OH excluding ortho intramolecular Hbond substituents is 3. The number of rotatable bonds is 9. The largest absolute Gasteiger partial charge is 0.507 e. The topological polar surface area (TPSA) is 197 Å². The van der Waals surface area contributed by atoms with Gasteiger partial charge in [-0.3, -0.25) is 9.59 Å². The number of fused-ring (bicyclic) bond motifs is 3. The molecule has 2 aromatic carbocycles. The van der Waals surface area contributed by atoms with E-state index in [2.05, 4.69) is 4.90 Å². The number of benzene rings is 2. The van der Waals surface area contributed by atoms with Gasteiger partial charge in [-0.15, -0.1) is 0 Å². The fourth-order valence-electron chi connectivity index (χ4n) is 9.46. The molecule has 0 spiro atoms. The molecule has 0 bridgehead atoms. The molecule has 15 nitrogen and oxygen atoms in total. The van der Waals surface area contributed by atoms with Crippen molar-refractivity contribution in [1.29, 1.82) is 0 Å². The molecule has 2 aliphatic carbocycles. The number of carbonyl (C=O) groups is 2. The van der Waals surface area contributed by atoms with Crippen molar-refractivity contribution in [2.24, 2.45) is 0 Å². The Kier molecular flexibility index (Phi) is 11.8. The molecule has 0 radical (unpaired) electrons. The molecule has 3 heterocycles. The van der Waals surface area contributed by atoms with Crippen molar-refractivity contribution in [2.45, 2.75) is 152 Å². The van der Waals surface area contributed by atoms with Crippen molar-refractivity contribution in [2.75, 3.05) is 28.2 Å². The van der Waals surface area contributed by atoms with Gasteiger partial charge in [0.2, 0.25) is 5.78 Å². The third-order valence-electron chi connectivity index (χ3n) is 12.9. The first kappa shape index (κ1) is 41.9. The van der Waals surface area contributed by atoms with E-state index in [4.69, 9.17) is 28.4 Å². The molecule has 3 saturated heterocycles. The van der Waals surface area contributed by atoms with Crippen LogP contribution in [0.1, 0.15) is 115 Å². The highest BCUT2D eigenvalue weighted by Gasteiger charge is 2.51. The Bertz CT molecular complexity index is 1850. The number of likely N-dealkylation sites (N-methyl/N-ethyl adjacent to an activating group) is 2.